The van der Waals surface area contributed by atoms with Crippen molar-refractivity contribution < 1.29 is 23.0 Å². The van der Waals surface area contributed by atoms with E-state index in [-0.39, 0.29) is 40.9 Å². The van der Waals surface area contributed by atoms with Crippen LogP contribution in [0.3, 0.4) is 0 Å². The first kappa shape index (κ1) is 32.4. The van der Waals surface area contributed by atoms with Crippen LogP contribution in [0, 0.1) is 5.82 Å². The van der Waals surface area contributed by atoms with Crippen LogP contribution in [0.5, 0.6) is 6.01 Å². The van der Waals surface area contributed by atoms with Crippen molar-refractivity contribution in [3.8, 4) is 17.3 Å². The summed E-state index contributed by atoms with van der Waals surface area (Å²) in [5.74, 6) is -0.727. The fourth-order valence-corrected chi connectivity index (χ4v) is 7.82. The van der Waals surface area contributed by atoms with Gasteiger partial charge in [-0.3, -0.25) is 19.7 Å². The van der Waals surface area contributed by atoms with Crippen LogP contribution in [-0.4, -0.2) is 82.1 Å². The first-order valence-corrected chi connectivity index (χ1v) is 16.9. The summed E-state index contributed by atoms with van der Waals surface area (Å²) in [6, 6.07) is 11.4. The third kappa shape index (κ3) is 6.35. The number of H-pyrrole nitrogens is 1. The summed E-state index contributed by atoms with van der Waals surface area (Å²) in [7, 11) is 0. The monoisotopic (exact) mass is 660 g/mol. The number of nitrogens with one attached hydrogen (secondary N) is 3. The topological polar surface area (TPSA) is 121 Å². The number of carbonyl (C=O) groups excluding carboxylic acids is 1. The molecule has 1 unspecified atom stereocenters. The molecule has 12 heteroatoms. The summed E-state index contributed by atoms with van der Waals surface area (Å²) >= 11 is 0. The van der Waals surface area contributed by atoms with Crippen molar-refractivity contribution in [1.29, 1.82) is 0 Å². The van der Waals surface area contributed by atoms with E-state index in [4.69, 9.17) is 9.47 Å². The highest BCUT2D eigenvalue weighted by Gasteiger charge is 2.49. The molecule has 3 saturated heterocycles. The van der Waals surface area contributed by atoms with Gasteiger partial charge in [0.2, 0.25) is 0 Å². The number of aryl methyl sites for hydroxylation is 1. The van der Waals surface area contributed by atoms with Crippen LogP contribution in [0.2, 0.25) is 0 Å². The molecule has 0 aliphatic carbocycles. The van der Waals surface area contributed by atoms with Crippen molar-refractivity contribution >= 4 is 27.8 Å². The quantitative estimate of drug-likeness (QED) is 0.218. The first-order valence-electron chi connectivity index (χ1n) is 16.9. The van der Waals surface area contributed by atoms with E-state index in [0.29, 0.717) is 37.9 Å². The first-order chi connectivity index (χ1) is 23.1. The van der Waals surface area contributed by atoms with Crippen molar-refractivity contribution in [2.75, 3.05) is 32.8 Å². The molecular weight excluding hydrogens is 618 g/mol. The Bertz CT molecular complexity index is 1890. The van der Waals surface area contributed by atoms with Gasteiger partial charge in [0.25, 0.3) is 11.6 Å². The molecule has 2 aromatic carbocycles. The molecule has 254 valence electrons. The third-order valence-corrected chi connectivity index (χ3v) is 10.3. The normalized spacial score (nSPS) is 24.9. The number of pyridine rings is 1. The molecule has 2 aromatic heterocycles. The summed E-state index contributed by atoms with van der Waals surface area (Å²) in [6.07, 6.45) is 4.76. The average molecular weight is 661 g/mol. The number of benzene rings is 2. The zero-order valence-electron chi connectivity index (χ0n) is 27.4. The van der Waals surface area contributed by atoms with Crippen LogP contribution < -0.4 is 20.9 Å². The molecule has 7 rings (SSSR count). The van der Waals surface area contributed by atoms with Gasteiger partial charge in [0.15, 0.2) is 5.82 Å². The molecule has 0 bridgehead atoms. The number of carbonyl (C=O) groups is 1. The predicted octanol–water partition coefficient (Wildman–Crippen LogP) is 5.42. The van der Waals surface area contributed by atoms with Crippen molar-refractivity contribution in [2.24, 2.45) is 0 Å². The molecule has 0 radical (unpaired) electrons. The molecule has 10 nitrogen and oxygen atoms in total. The summed E-state index contributed by atoms with van der Waals surface area (Å²) in [5, 5.41) is 8.07. The standard InChI is InChI=1S/C36H42F2N6O4/c1-22(48-34(46)43-35(2)13-5-15-39-20-35)11-12-24-8-3-7-23-9-4-10-26(28(23)24)30-29(38)31-27(18-40-30)32(45)42-33(41-31)47-21-36-14-6-16-44(36)19-25(37)17-36/h3-4,7-10,18,22,25,39H,5-6,11-17,19-21H2,1-2H3,(H,43,46)(H,41,42,45)/t22-,25-,35-,36?/m1/s1. The smallest absolute Gasteiger partial charge is 0.407 e. The minimum absolute atomic E-state index is 0.0107. The van der Waals surface area contributed by atoms with Gasteiger partial charge in [-0.15, -0.1) is 0 Å². The van der Waals surface area contributed by atoms with E-state index in [9.17, 15) is 14.0 Å². The average Bonchev–Trinajstić information content (AvgIpc) is 3.58. The third-order valence-electron chi connectivity index (χ3n) is 10.3. The van der Waals surface area contributed by atoms with Crippen LogP contribution in [0.4, 0.5) is 13.6 Å². The van der Waals surface area contributed by atoms with Crippen LogP contribution in [0.1, 0.15) is 57.9 Å². The number of alkyl halides is 1. The molecule has 48 heavy (non-hydrogen) atoms. The molecule has 0 spiro atoms. The molecular formula is C36H42F2N6O4. The van der Waals surface area contributed by atoms with E-state index < -0.39 is 29.2 Å². The van der Waals surface area contributed by atoms with Crippen molar-refractivity contribution in [2.45, 2.75) is 82.1 Å². The van der Waals surface area contributed by atoms with Crippen molar-refractivity contribution in [1.82, 2.24) is 30.5 Å². The number of hydrogen-bond acceptors (Lipinski definition) is 8. The molecule has 3 aliphatic heterocycles. The van der Waals surface area contributed by atoms with Gasteiger partial charge in [-0.25, -0.2) is 13.6 Å². The number of halogens is 2. The summed E-state index contributed by atoms with van der Waals surface area (Å²) in [5.41, 5.74) is 0.110. The SMILES string of the molecule is C[C@H](CCc1cccc2cccc(-c3ncc4c(=O)[nH]c(OCC56CCCN5C[C@H](F)C6)nc4c3F)c12)OC(=O)N[C@]1(C)CCCNC1. The van der Waals surface area contributed by atoms with Gasteiger partial charge in [0.1, 0.15) is 30.1 Å². The lowest BCUT2D eigenvalue weighted by atomic mass is 9.93. The second-order valence-corrected chi connectivity index (χ2v) is 14.0. The van der Waals surface area contributed by atoms with Gasteiger partial charge < -0.3 is 20.1 Å². The Hall–Kier alpha value is -4.16. The maximum Gasteiger partial charge on any atom is 0.407 e. The van der Waals surface area contributed by atoms with E-state index in [1.54, 1.807) is 6.07 Å². The molecule has 5 heterocycles. The summed E-state index contributed by atoms with van der Waals surface area (Å²) < 4.78 is 42.3. The fourth-order valence-electron chi connectivity index (χ4n) is 7.82. The van der Waals surface area contributed by atoms with Crippen LogP contribution in [-0.2, 0) is 11.2 Å². The van der Waals surface area contributed by atoms with Gasteiger partial charge >= 0.3 is 6.09 Å². The zero-order valence-corrected chi connectivity index (χ0v) is 27.4. The Balaban J connectivity index is 1.13. The van der Waals surface area contributed by atoms with Crippen molar-refractivity contribution in [3.63, 3.8) is 0 Å². The van der Waals surface area contributed by atoms with Gasteiger partial charge in [0.05, 0.1) is 16.5 Å². The van der Waals surface area contributed by atoms with E-state index in [1.807, 2.05) is 44.2 Å². The molecule has 3 N–H and O–H groups in total. The van der Waals surface area contributed by atoms with Gasteiger partial charge in [0, 0.05) is 31.3 Å². The molecule has 4 aromatic rings. The molecule has 0 saturated carbocycles. The van der Waals surface area contributed by atoms with Crippen LogP contribution >= 0.6 is 0 Å². The Morgan fingerprint density at radius 3 is 2.85 bits per heavy atom. The lowest BCUT2D eigenvalue weighted by Crippen LogP contribution is -2.55. The maximum absolute atomic E-state index is 16.4. The number of piperidine rings is 1. The Labute approximate surface area is 277 Å². The lowest BCUT2D eigenvalue weighted by molar-refractivity contribution is 0.0904. The molecule has 3 fully saturated rings. The number of aromatic amines is 1. The second-order valence-electron chi connectivity index (χ2n) is 14.0. The van der Waals surface area contributed by atoms with Gasteiger partial charge in [-0.05, 0) is 81.8 Å². The van der Waals surface area contributed by atoms with Gasteiger partial charge in [-0.2, -0.15) is 4.98 Å². The summed E-state index contributed by atoms with van der Waals surface area (Å²) in [6.45, 7) is 6.87. The summed E-state index contributed by atoms with van der Waals surface area (Å²) in [4.78, 5) is 39.2. The van der Waals surface area contributed by atoms with E-state index >= 15 is 4.39 Å². The number of alkyl carbamates (subject to hydrolysis) is 1. The minimum Gasteiger partial charge on any atom is -0.463 e. The number of aromatic nitrogens is 3. The van der Waals surface area contributed by atoms with E-state index in [0.717, 1.165) is 55.1 Å². The van der Waals surface area contributed by atoms with Crippen molar-refractivity contribution in [3.05, 3.63) is 64.3 Å². The molecule has 3 aliphatic rings. The highest BCUT2D eigenvalue weighted by Crippen LogP contribution is 2.40. The Morgan fingerprint density at radius 2 is 2.04 bits per heavy atom. The number of amides is 1. The maximum atomic E-state index is 16.4. The lowest BCUT2D eigenvalue weighted by Gasteiger charge is -2.34. The largest absolute Gasteiger partial charge is 0.463 e. The predicted molar refractivity (Wildman–Crippen MR) is 180 cm³/mol. The number of hydrogen-bond donors (Lipinski definition) is 3. The fraction of sp³-hybridized carbons (Fsp3) is 0.500. The van der Waals surface area contributed by atoms with E-state index in [1.165, 1.54) is 6.20 Å². The number of fused-ring (bicyclic) bond motifs is 3. The Kier molecular flexibility index (Phi) is 8.80. The molecule has 4 atom stereocenters. The van der Waals surface area contributed by atoms with Crippen LogP contribution in [0.25, 0.3) is 32.9 Å². The number of rotatable bonds is 9. The highest BCUT2D eigenvalue weighted by molar-refractivity contribution is 5.99. The number of ether oxygens (including phenoxy) is 2. The highest BCUT2D eigenvalue weighted by atomic mass is 19.1. The van der Waals surface area contributed by atoms with Crippen LogP contribution in [0.15, 0.2) is 47.4 Å². The molecule has 1 amide bonds. The Morgan fingerprint density at radius 1 is 1.21 bits per heavy atom. The van der Waals surface area contributed by atoms with Gasteiger partial charge in [-0.1, -0.05) is 36.4 Å². The zero-order chi connectivity index (χ0) is 33.5. The second kappa shape index (κ2) is 13.0. The minimum atomic E-state index is -0.919. The van der Waals surface area contributed by atoms with E-state index in [2.05, 4.69) is 30.5 Å². The number of nitrogens with zero attached hydrogens (tertiary/aromatic N) is 3.